The van der Waals surface area contributed by atoms with Crippen LogP contribution in [-0.2, 0) is 0 Å². The maximum absolute atomic E-state index is 10.8. The van der Waals surface area contributed by atoms with E-state index < -0.39 is 4.92 Å². The van der Waals surface area contributed by atoms with E-state index in [4.69, 9.17) is 11.6 Å². The van der Waals surface area contributed by atoms with Crippen LogP contribution in [0.4, 0.5) is 11.5 Å². The van der Waals surface area contributed by atoms with Gasteiger partial charge in [-0.25, -0.2) is 4.98 Å². The van der Waals surface area contributed by atoms with Crippen LogP contribution in [0, 0.1) is 10.1 Å². The fourth-order valence-corrected chi connectivity index (χ4v) is 1.90. The van der Waals surface area contributed by atoms with Crippen molar-refractivity contribution in [1.82, 2.24) is 9.88 Å². The van der Waals surface area contributed by atoms with Crippen LogP contribution >= 0.6 is 11.6 Å². The minimum absolute atomic E-state index is 0.0477. The predicted molar refractivity (Wildman–Crippen MR) is 70.0 cm³/mol. The van der Waals surface area contributed by atoms with Gasteiger partial charge in [0.1, 0.15) is 5.15 Å². The summed E-state index contributed by atoms with van der Waals surface area (Å²) >= 11 is 5.74. The number of anilines is 1. The van der Waals surface area contributed by atoms with Crippen molar-refractivity contribution in [3.63, 3.8) is 0 Å². The summed E-state index contributed by atoms with van der Waals surface area (Å²) in [4.78, 5) is 16.5. The number of pyridine rings is 1. The third-order valence-corrected chi connectivity index (χ3v) is 3.17. The minimum atomic E-state index is -0.462. The molecule has 1 saturated carbocycles. The molecule has 0 amide bonds. The first-order chi connectivity index (χ1) is 8.58. The van der Waals surface area contributed by atoms with Gasteiger partial charge in [-0.05, 0) is 26.0 Å². The van der Waals surface area contributed by atoms with Gasteiger partial charge in [-0.1, -0.05) is 11.6 Å². The summed E-state index contributed by atoms with van der Waals surface area (Å²) < 4.78 is 0. The number of likely N-dealkylation sites (N-methyl/N-ethyl adjacent to an activating group) is 1. The fraction of sp³-hybridized carbons (Fsp3) is 0.545. The number of halogens is 1. The third-order valence-electron chi connectivity index (χ3n) is 2.96. The van der Waals surface area contributed by atoms with Crippen LogP contribution in [0.5, 0.6) is 0 Å². The highest BCUT2D eigenvalue weighted by molar-refractivity contribution is 6.29. The summed E-state index contributed by atoms with van der Waals surface area (Å²) in [5.74, 6) is 0.233. The highest BCUT2D eigenvalue weighted by atomic mass is 35.5. The van der Waals surface area contributed by atoms with Gasteiger partial charge in [0, 0.05) is 25.2 Å². The Labute approximate surface area is 110 Å². The number of aromatic nitrogens is 1. The van der Waals surface area contributed by atoms with Crippen molar-refractivity contribution in [3.05, 3.63) is 27.4 Å². The first-order valence-corrected chi connectivity index (χ1v) is 6.21. The maximum Gasteiger partial charge on any atom is 0.311 e. The lowest BCUT2D eigenvalue weighted by atomic mass is 10.4. The van der Waals surface area contributed by atoms with Crippen molar-refractivity contribution in [1.29, 1.82) is 0 Å². The molecular formula is C11H15ClN4O2. The zero-order valence-corrected chi connectivity index (χ0v) is 10.9. The molecule has 7 heteroatoms. The smallest absolute Gasteiger partial charge is 0.311 e. The van der Waals surface area contributed by atoms with Crippen LogP contribution in [0.15, 0.2) is 12.1 Å². The Bertz CT molecular complexity index is 451. The number of hydrogen-bond donors (Lipinski definition) is 1. The second-order valence-corrected chi connectivity index (χ2v) is 4.78. The molecule has 0 unspecified atom stereocenters. The summed E-state index contributed by atoms with van der Waals surface area (Å²) in [6, 6.07) is 3.46. The molecular weight excluding hydrogens is 256 g/mol. The molecule has 0 radical (unpaired) electrons. The molecule has 1 heterocycles. The molecule has 0 saturated heterocycles. The second kappa shape index (κ2) is 5.49. The summed E-state index contributed by atoms with van der Waals surface area (Å²) in [6.07, 6.45) is 2.48. The average Bonchev–Trinajstić information content (AvgIpc) is 3.12. The second-order valence-electron chi connectivity index (χ2n) is 4.40. The monoisotopic (exact) mass is 270 g/mol. The normalized spacial score (nSPS) is 14.8. The largest absolute Gasteiger partial charge is 0.363 e. The predicted octanol–water partition coefficient (Wildman–Crippen LogP) is 2.15. The fourth-order valence-electron chi connectivity index (χ4n) is 1.75. The summed E-state index contributed by atoms with van der Waals surface area (Å²) in [5, 5.41) is 14.0. The standard InChI is InChI=1S/C11H15ClN4O2/c1-15(8-2-3-8)7-6-13-11-9(16(17)18)4-5-10(12)14-11/h4-5,8H,2-3,6-7H2,1H3,(H,13,14). The van der Waals surface area contributed by atoms with Crippen LogP contribution in [-0.4, -0.2) is 41.0 Å². The van der Waals surface area contributed by atoms with Crippen molar-refractivity contribution < 1.29 is 4.92 Å². The number of nitrogens with zero attached hydrogens (tertiary/aromatic N) is 3. The van der Waals surface area contributed by atoms with E-state index in [1.54, 1.807) is 0 Å². The van der Waals surface area contributed by atoms with E-state index in [1.807, 2.05) is 0 Å². The molecule has 0 spiro atoms. The lowest BCUT2D eigenvalue weighted by molar-refractivity contribution is -0.384. The van der Waals surface area contributed by atoms with Crippen LogP contribution < -0.4 is 5.32 Å². The number of rotatable bonds is 6. The van der Waals surface area contributed by atoms with Gasteiger partial charge in [0.25, 0.3) is 0 Å². The van der Waals surface area contributed by atoms with E-state index in [0.717, 1.165) is 6.54 Å². The molecule has 18 heavy (non-hydrogen) atoms. The van der Waals surface area contributed by atoms with Gasteiger partial charge in [-0.15, -0.1) is 0 Å². The SMILES string of the molecule is CN(CCNc1nc(Cl)ccc1[N+](=O)[O-])C1CC1. The van der Waals surface area contributed by atoms with Gasteiger partial charge in [-0.3, -0.25) is 10.1 Å². The highest BCUT2D eigenvalue weighted by Crippen LogP contribution is 2.26. The molecule has 0 aliphatic heterocycles. The molecule has 6 nitrogen and oxygen atoms in total. The molecule has 0 bridgehead atoms. The first-order valence-electron chi connectivity index (χ1n) is 5.83. The Morgan fingerprint density at radius 2 is 2.33 bits per heavy atom. The Kier molecular flexibility index (Phi) is 3.98. The van der Waals surface area contributed by atoms with Gasteiger partial charge in [0.2, 0.25) is 5.82 Å². The molecule has 0 atom stereocenters. The molecule has 1 aliphatic carbocycles. The zero-order chi connectivity index (χ0) is 13.1. The zero-order valence-electron chi connectivity index (χ0n) is 10.1. The molecule has 2 rings (SSSR count). The minimum Gasteiger partial charge on any atom is -0.363 e. The molecule has 0 aromatic carbocycles. The van der Waals surface area contributed by atoms with E-state index in [2.05, 4.69) is 22.2 Å². The van der Waals surface area contributed by atoms with Crippen LogP contribution in [0.25, 0.3) is 0 Å². The van der Waals surface area contributed by atoms with E-state index in [1.165, 1.54) is 25.0 Å². The van der Waals surface area contributed by atoms with Crippen molar-refractivity contribution in [2.24, 2.45) is 0 Å². The number of nitrogens with one attached hydrogen (secondary N) is 1. The van der Waals surface area contributed by atoms with E-state index >= 15 is 0 Å². The highest BCUT2D eigenvalue weighted by Gasteiger charge is 2.25. The molecule has 1 aromatic rings. The number of hydrogen-bond acceptors (Lipinski definition) is 5. The first kappa shape index (κ1) is 13.0. The Hall–Kier alpha value is -1.40. The van der Waals surface area contributed by atoms with Crippen molar-refractivity contribution >= 4 is 23.1 Å². The summed E-state index contributed by atoms with van der Waals surface area (Å²) in [6.45, 7) is 1.44. The Morgan fingerprint density at radius 1 is 1.61 bits per heavy atom. The third kappa shape index (κ3) is 3.30. The van der Waals surface area contributed by atoms with E-state index in [0.29, 0.717) is 12.6 Å². The number of nitro groups is 1. The van der Waals surface area contributed by atoms with Gasteiger partial charge in [0.15, 0.2) is 0 Å². The van der Waals surface area contributed by atoms with Gasteiger partial charge >= 0.3 is 5.69 Å². The average molecular weight is 271 g/mol. The molecule has 1 aliphatic rings. The summed E-state index contributed by atoms with van der Waals surface area (Å²) in [7, 11) is 2.05. The Balaban J connectivity index is 1.94. The topological polar surface area (TPSA) is 71.3 Å². The lowest BCUT2D eigenvalue weighted by Gasteiger charge is -2.15. The lowest BCUT2D eigenvalue weighted by Crippen LogP contribution is -2.27. The molecule has 98 valence electrons. The van der Waals surface area contributed by atoms with Crippen molar-refractivity contribution in [3.8, 4) is 0 Å². The molecule has 1 fully saturated rings. The van der Waals surface area contributed by atoms with Crippen LogP contribution in [0.3, 0.4) is 0 Å². The quantitative estimate of drug-likeness (QED) is 0.487. The van der Waals surface area contributed by atoms with E-state index in [9.17, 15) is 10.1 Å². The molecule has 1 aromatic heterocycles. The Morgan fingerprint density at radius 3 is 2.94 bits per heavy atom. The molecule has 1 N–H and O–H groups in total. The van der Waals surface area contributed by atoms with E-state index in [-0.39, 0.29) is 16.7 Å². The van der Waals surface area contributed by atoms with Crippen LogP contribution in [0.2, 0.25) is 5.15 Å². The summed E-state index contributed by atoms with van der Waals surface area (Å²) in [5.41, 5.74) is -0.0477. The van der Waals surface area contributed by atoms with Gasteiger partial charge in [0.05, 0.1) is 4.92 Å². The maximum atomic E-state index is 10.8. The van der Waals surface area contributed by atoms with Crippen molar-refractivity contribution in [2.45, 2.75) is 18.9 Å². The van der Waals surface area contributed by atoms with Crippen molar-refractivity contribution in [2.75, 3.05) is 25.5 Å². The van der Waals surface area contributed by atoms with Crippen LogP contribution in [0.1, 0.15) is 12.8 Å². The van der Waals surface area contributed by atoms with Gasteiger partial charge < -0.3 is 10.2 Å². The van der Waals surface area contributed by atoms with Gasteiger partial charge in [-0.2, -0.15) is 0 Å².